The quantitative estimate of drug-likeness (QED) is 0.771. The van der Waals surface area contributed by atoms with E-state index in [9.17, 15) is 9.59 Å². The molecule has 0 radical (unpaired) electrons. The summed E-state index contributed by atoms with van der Waals surface area (Å²) in [7, 11) is 0. The highest BCUT2D eigenvalue weighted by atomic mass is 32.2. The first-order valence-electron chi connectivity index (χ1n) is 10.3. The SMILES string of the molecule is O=C(Nc1ccc(CCN2CCOCC2)cc1)[C@@H]1CSCN1C(=O)c1ccccc1. The molecule has 7 heteroatoms. The second kappa shape index (κ2) is 10.1. The number of hydrogen-bond acceptors (Lipinski definition) is 5. The van der Waals surface area contributed by atoms with Gasteiger partial charge in [0.2, 0.25) is 5.91 Å². The second-order valence-electron chi connectivity index (χ2n) is 7.55. The highest BCUT2D eigenvalue weighted by Gasteiger charge is 2.35. The van der Waals surface area contributed by atoms with Crippen LogP contribution in [0.25, 0.3) is 0 Å². The van der Waals surface area contributed by atoms with E-state index in [-0.39, 0.29) is 11.8 Å². The zero-order valence-electron chi connectivity index (χ0n) is 17.0. The van der Waals surface area contributed by atoms with Crippen molar-refractivity contribution in [1.29, 1.82) is 0 Å². The number of morpholine rings is 1. The van der Waals surface area contributed by atoms with Gasteiger partial charge in [-0.15, -0.1) is 11.8 Å². The number of carbonyl (C=O) groups excluding carboxylic acids is 2. The summed E-state index contributed by atoms with van der Waals surface area (Å²) < 4.78 is 5.39. The normalized spacial score (nSPS) is 19.6. The van der Waals surface area contributed by atoms with E-state index in [4.69, 9.17) is 4.74 Å². The molecule has 0 spiro atoms. The van der Waals surface area contributed by atoms with Gasteiger partial charge in [-0.2, -0.15) is 0 Å². The third-order valence-electron chi connectivity index (χ3n) is 5.51. The average molecular weight is 426 g/mol. The van der Waals surface area contributed by atoms with E-state index >= 15 is 0 Å². The number of nitrogens with zero attached hydrogens (tertiary/aromatic N) is 2. The lowest BCUT2D eigenvalue weighted by atomic mass is 10.1. The molecule has 1 atom stereocenters. The van der Waals surface area contributed by atoms with Gasteiger partial charge < -0.3 is 15.0 Å². The van der Waals surface area contributed by atoms with Crippen LogP contribution in [0, 0.1) is 0 Å². The van der Waals surface area contributed by atoms with Crippen LogP contribution in [0.2, 0.25) is 0 Å². The van der Waals surface area contributed by atoms with E-state index < -0.39 is 6.04 Å². The largest absolute Gasteiger partial charge is 0.379 e. The molecule has 2 saturated heterocycles. The van der Waals surface area contributed by atoms with E-state index in [1.165, 1.54) is 5.56 Å². The van der Waals surface area contributed by atoms with Gasteiger partial charge in [0.25, 0.3) is 5.91 Å². The summed E-state index contributed by atoms with van der Waals surface area (Å²) in [6.07, 6.45) is 0.979. The van der Waals surface area contributed by atoms with Gasteiger partial charge in [-0.25, -0.2) is 0 Å². The molecule has 2 aromatic carbocycles. The Labute approximate surface area is 181 Å². The van der Waals surface area contributed by atoms with Crippen molar-refractivity contribution < 1.29 is 14.3 Å². The first-order chi connectivity index (χ1) is 14.7. The Morgan fingerprint density at radius 2 is 1.77 bits per heavy atom. The lowest BCUT2D eigenvalue weighted by Crippen LogP contribution is -2.44. The Morgan fingerprint density at radius 1 is 1.03 bits per heavy atom. The minimum absolute atomic E-state index is 0.0980. The number of ether oxygens (including phenoxy) is 1. The zero-order chi connectivity index (χ0) is 20.8. The highest BCUT2D eigenvalue weighted by Crippen LogP contribution is 2.24. The fourth-order valence-corrected chi connectivity index (χ4v) is 4.85. The average Bonchev–Trinajstić information content (AvgIpc) is 3.29. The zero-order valence-corrected chi connectivity index (χ0v) is 17.8. The minimum Gasteiger partial charge on any atom is -0.379 e. The molecule has 2 aliphatic rings. The van der Waals surface area contributed by atoms with Gasteiger partial charge >= 0.3 is 0 Å². The molecule has 2 aliphatic heterocycles. The fourth-order valence-electron chi connectivity index (χ4n) is 3.70. The smallest absolute Gasteiger partial charge is 0.255 e. The van der Waals surface area contributed by atoms with E-state index in [1.807, 2.05) is 30.3 Å². The summed E-state index contributed by atoms with van der Waals surface area (Å²) in [5, 5.41) is 2.98. The first kappa shape index (κ1) is 20.9. The molecular weight excluding hydrogens is 398 g/mol. The Balaban J connectivity index is 1.32. The number of carbonyl (C=O) groups is 2. The molecule has 2 fully saturated rings. The Kier molecular flexibility index (Phi) is 7.04. The van der Waals surface area contributed by atoms with Gasteiger partial charge in [0.05, 0.1) is 19.1 Å². The van der Waals surface area contributed by atoms with Gasteiger partial charge in [0.15, 0.2) is 0 Å². The van der Waals surface area contributed by atoms with E-state index in [0.717, 1.165) is 45.0 Å². The van der Waals surface area contributed by atoms with Crippen LogP contribution in [0.1, 0.15) is 15.9 Å². The van der Waals surface area contributed by atoms with Gasteiger partial charge in [-0.1, -0.05) is 30.3 Å². The summed E-state index contributed by atoms with van der Waals surface area (Å²) in [6.45, 7) is 4.63. The van der Waals surface area contributed by atoms with Gasteiger partial charge in [0.1, 0.15) is 6.04 Å². The lowest BCUT2D eigenvalue weighted by Gasteiger charge is -2.26. The number of hydrogen-bond donors (Lipinski definition) is 1. The number of benzene rings is 2. The number of nitrogens with one attached hydrogen (secondary N) is 1. The lowest BCUT2D eigenvalue weighted by molar-refractivity contribution is -0.119. The molecule has 2 heterocycles. The predicted octanol–water partition coefficient (Wildman–Crippen LogP) is 2.72. The summed E-state index contributed by atoms with van der Waals surface area (Å²) in [4.78, 5) is 29.7. The maximum atomic E-state index is 12.8. The van der Waals surface area contributed by atoms with Crippen LogP contribution in [0.3, 0.4) is 0 Å². The van der Waals surface area contributed by atoms with Crippen molar-refractivity contribution in [2.45, 2.75) is 12.5 Å². The third kappa shape index (κ3) is 5.22. The molecule has 1 N–H and O–H groups in total. The van der Waals surface area contributed by atoms with Crippen molar-refractivity contribution in [2.75, 3.05) is 49.8 Å². The Bertz CT molecular complexity index is 854. The van der Waals surface area contributed by atoms with Crippen molar-refractivity contribution >= 4 is 29.3 Å². The van der Waals surface area contributed by atoms with E-state index in [1.54, 1.807) is 28.8 Å². The van der Waals surface area contributed by atoms with E-state index in [2.05, 4.69) is 22.3 Å². The van der Waals surface area contributed by atoms with Crippen molar-refractivity contribution in [1.82, 2.24) is 9.80 Å². The van der Waals surface area contributed by atoms with Gasteiger partial charge in [-0.3, -0.25) is 14.5 Å². The first-order valence-corrected chi connectivity index (χ1v) is 11.5. The molecule has 0 aromatic heterocycles. The van der Waals surface area contributed by atoms with Crippen LogP contribution >= 0.6 is 11.8 Å². The van der Waals surface area contributed by atoms with Crippen molar-refractivity contribution in [3.05, 3.63) is 65.7 Å². The van der Waals surface area contributed by atoms with Crippen LogP contribution in [0.4, 0.5) is 5.69 Å². The summed E-state index contributed by atoms with van der Waals surface area (Å²) in [6, 6.07) is 16.7. The number of rotatable bonds is 6. The Hall–Kier alpha value is -2.35. The monoisotopic (exact) mass is 425 g/mol. The molecule has 2 amide bonds. The van der Waals surface area contributed by atoms with Crippen LogP contribution in [-0.2, 0) is 16.0 Å². The Morgan fingerprint density at radius 3 is 2.50 bits per heavy atom. The van der Waals surface area contributed by atoms with Gasteiger partial charge in [0, 0.05) is 36.6 Å². The maximum Gasteiger partial charge on any atom is 0.255 e. The molecule has 0 saturated carbocycles. The molecule has 158 valence electrons. The van der Waals surface area contributed by atoms with Crippen LogP contribution in [0.5, 0.6) is 0 Å². The third-order valence-corrected chi connectivity index (χ3v) is 6.52. The minimum atomic E-state index is -0.455. The number of amides is 2. The van der Waals surface area contributed by atoms with Crippen LogP contribution < -0.4 is 5.32 Å². The topological polar surface area (TPSA) is 61.9 Å². The van der Waals surface area contributed by atoms with Crippen molar-refractivity contribution in [3.63, 3.8) is 0 Å². The van der Waals surface area contributed by atoms with Crippen molar-refractivity contribution in [2.24, 2.45) is 0 Å². The standard InChI is InChI=1S/C23H27N3O3S/c27-22(21-16-30-17-26(21)23(28)19-4-2-1-3-5-19)24-20-8-6-18(7-9-20)10-11-25-12-14-29-15-13-25/h1-9,21H,10-17H2,(H,24,27)/t21-/m0/s1. The number of anilines is 1. The molecular formula is C23H27N3O3S. The maximum absolute atomic E-state index is 12.8. The summed E-state index contributed by atoms with van der Waals surface area (Å²) >= 11 is 1.61. The van der Waals surface area contributed by atoms with Crippen molar-refractivity contribution in [3.8, 4) is 0 Å². The molecule has 2 aromatic rings. The fraction of sp³-hybridized carbons (Fsp3) is 0.391. The molecule has 4 rings (SSSR count). The summed E-state index contributed by atoms with van der Waals surface area (Å²) in [5.41, 5.74) is 2.62. The molecule has 0 aliphatic carbocycles. The highest BCUT2D eigenvalue weighted by molar-refractivity contribution is 7.99. The van der Waals surface area contributed by atoms with Crippen LogP contribution in [0.15, 0.2) is 54.6 Å². The van der Waals surface area contributed by atoms with Crippen LogP contribution in [-0.4, -0.2) is 72.1 Å². The molecule has 6 nitrogen and oxygen atoms in total. The molecule has 0 bridgehead atoms. The predicted molar refractivity (Wildman–Crippen MR) is 120 cm³/mol. The number of thioether (sulfide) groups is 1. The summed E-state index contributed by atoms with van der Waals surface area (Å²) in [5.74, 6) is 0.915. The van der Waals surface area contributed by atoms with Gasteiger partial charge in [-0.05, 0) is 36.2 Å². The molecule has 0 unspecified atom stereocenters. The second-order valence-corrected chi connectivity index (χ2v) is 8.55. The molecule has 30 heavy (non-hydrogen) atoms. The van der Waals surface area contributed by atoms with E-state index in [0.29, 0.717) is 17.2 Å².